The smallest absolute Gasteiger partial charge is 0.270 e. The minimum Gasteiger partial charge on any atom is -0.342 e. The second-order valence-electron chi connectivity index (χ2n) is 6.40. The second-order valence-corrected chi connectivity index (χ2v) is 8.44. The van der Waals surface area contributed by atoms with E-state index >= 15 is 0 Å². The number of likely N-dealkylation sites (N-methyl/N-ethyl adjacent to an activating group) is 1. The first-order valence-electron chi connectivity index (χ1n) is 8.39. The molecule has 1 aromatic rings. The van der Waals surface area contributed by atoms with Crippen molar-refractivity contribution in [1.82, 2.24) is 14.5 Å². The normalized spacial score (nSPS) is 16.0. The molecule has 0 bridgehead atoms. The van der Waals surface area contributed by atoms with E-state index in [0.29, 0.717) is 19.0 Å². The molecule has 144 valence electrons. The third kappa shape index (κ3) is 4.77. The van der Waals surface area contributed by atoms with E-state index < -0.39 is 14.9 Å². The van der Waals surface area contributed by atoms with Crippen LogP contribution in [0, 0.1) is 16.0 Å². The van der Waals surface area contributed by atoms with Crippen LogP contribution in [0.5, 0.6) is 0 Å². The Kier molecular flexibility index (Phi) is 6.68. The van der Waals surface area contributed by atoms with E-state index in [4.69, 9.17) is 0 Å². The van der Waals surface area contributed by atoms with E-state index in [1.807, 2.05) is 7.05 Å². The van der Waals surface area contributed by atoms with Gasteiger partial charge in [-0.3, -0.25) is 14.9 Å². The Morgan fingerprint density at radius 2 is 2.04 bits per heavy atom. The Morgan fingerprint density at radius 3 is 2.62 bits per heavy atom. The van der Waals surface area contributed by atoms with Gasteiger partial charge in [0.05, 0.1) is 16.4 Å². The van der Waals surface area contributed by atoms with Crippen LogP contribution in [-0.2, 0) is 14.8 Å². The summed E-state index contributed by atoms with van der Waals surface area (Å²) in [5, 5.41) is 14.0. The summed E-state index contributed by atoms with van der Waals surface area (Å²) in [6.45, 7) is 1.83. The van der Waals surface area contributed by atoms with E-state index in [1.165, 1.54) is 25.2 Å². The summed E-state index contributed by atoms with van der Waals surface area (Å²) in [6.07, 6.45) is 1.77. The molecule has 1 saturated heterocycles. The molecule has 0 saturated carbocycles. The third-order valence-corrected chi connectivity index (χ3v) is 6.35. The number of nitrogens with one attached hydrogen (secondary N) is 1. The summed E-state index contributed by atoms with van der Waals surface area (Å²) >= 11 is 0. The molecule has 0 spiro atoms. The Bertz CT molecular complexity index is 760. The molecule has 9 nitrogen and oxygen atoms in total. The highest BCUT2D eigenvalue weighted by atomic mass is 32.2. The zero-order chi connectivity index (χ0) is 19.3. The average molecular weight is 384 g/mol. The topological polar surface area (TPSA) is 113 Å². The van der Waals surface area contributed by atoms with Crippen molar-refractivity contribution >= 4 is 21.6 Å². The number of non-ortho nitro benzene ring substituents is 1. The van der Waals surface area contributed by atoms with E-state index in [2.05, 4.69) is 5.32 Å². The van der Waals surface area contributed by atoms with Gasteiger partial charge >= 0.3 is 0 Å². The van der Waals surface area contributed by atoms with Crippen molar-refractivity contribution in [3.63, 3.8) is 0 Å². The molecule has 0 unspecified atom stereocenters. The summed E-state index contributed by atoms with van der Waals surface area (Å²) in [6, 6.07) is 4.82. The zero-order valence-corrected chi connectivity index (χ0v) is 15.7. The lowest BCUT2D eigenvalue weighted by molar-refractivity contribution is -0.385. The highest BCUT2D eigenvalue weighted by Gasteiger charge is 2.28. The van der Waals surface area contributed by atoms with Gasteiger partial charge in [0, 0.05) is 32.3 Å². The van der Waals surface area contributed by atoms with Crippen molar-refractivity contribution in [1.29, 1.82) is 0 Å². The van der Waals surface area contributed by atoms with Gasteiger partial charge in [-0.05, 0) is 38.4 Å². The predicted octanol–water partition coefficient (Wildman–Crippen LogP) is 0.673. The number of sulfonamides is 1. The number of nitro groups is 1. The van der Waals surface area contributed by atoms with Gasteiger partial charge in [-0.1, -0.05) is 6.07 Å². The van der Waals surface area contributed by atoms with Crippen LogP contribution in [0.15, 0.2) is 29.2 Å². The predicted molar refractivity (Wildman–Crippen MR) is 96.1 cm³/mol. The number of piperidine rings is 1. The van der Waals surface area contributed by atoms with Gasteiger partial charge < -0.3 is 10.2 Å². The number of rotatable bonds is 7. The fourth-order valence-electron chi connectivity index (χ4n) is 2.99. The largest absolute Gasteiger partial charge is 0.342 e. The lowest BCUT2D eigenvalue weighted by Crippen LogP contribution is -2.45. The molecule has 1 N–H and O–H groups in total. The molecule has 26 heavy (non-hydrogen) atoms. The summed E-state index contributed by atoms with van der Waals surface area (Å²) in [5.41, 5.74) is -0.308. The highest BCUT2D eigenvalue weighted by Crippen LogP contribution is 2.21. The van der Waals surface area contributed by atoms with Crippen LogP contribution >= 0.6 is 0 Å². The Balaban J connectivity index is 2.02. The Morgan fingerprint density at radius 1 is 1.38 bits per heavy atom. The standard InChI is InChI=1S/C16H24N4O5S/c1-17-11-13-6-8-19(9-7-13)16(21)12-18(2)26(24,25)15-5-3-4-14(10-15)20(22)23/h3-5,10,13,17H,6-9,11-12H2,1-2H3. The van der Waals surface area contributed by atoms with Gasteiger partial charge in [0.25, 0.3) is 5.69 Å². The number of benzene rings is 1. The van der Waals surface area contributed by atoms with Gasteiger partial charge in [0.2, 0.25) is 15.9 Å². The minimum atomic E-state index is -3.98. The lowest BCUT2D eigenvalue weighted by Gasteiger charge is -2.32. The fraction of sp³-hybridized carbons (Fsp3) is 0.562. The first-order valence-corrected chi connectivity index (χ1v) is 9.83. The first-order chi connectivity index (χ1) is 12.3. The summed E-state index contributed by atoms with van der Waals surface area (Å²) < 4.78 is 26.1. The van der Waals surface area contributed by atoms with Crippen LogP contribution in [0.4, 0.5) is 5.69 Å². The quantitative estimate of drug-likeness (QED) is 0.546. The number of hydrogen-bond acceptors (Lipinski definition) is 6. The first kappa shape index (κ1) is 20.3. The summed E-state index contributed by atoms with van der Waals surface area (Å²) in [4.78, 5) is 24.1. The molecule has 1 heterocycles. The van der Waals surface area contributed by atoms with Crippen molar-refractivity contribution in [3.05, 3.63) is 34.4 Å². The van der Waals surface area contributed by atoms with Crippen LogP contribution in [0.25, 0.3) is 0 Å². The van der Waals surface area contributed by atoms with Crippen molar-refractivity contribution in [2.24, 2.45) is 5.92 Å². The summed E-state index contributed by atoms with van der Waals surface area (Å²) in [5.74, 6) is 0.264. The maximum absolute atomic E-state index is 12.6. The Hall–Kier alpha value is -2.04. The van der Waals surface area contributed by atoms with Crippen molar-refractivity contribution in [2.45, 2.75) is 17.7 Å². The van der Waals surface area contributed by atoms with Crippen LogP contribution in [0.1, 0.15) is 12.8 Å². The van der Waals surface area contributed by atoms with Crippen molar-refractivity contribution < 1.29 is 18.1 Å². The van der Waals surface area contributed by atoms with E-state index in [9.17, 15) is 23.3 Å². The maximum Gasteiger partial charge on any atom is 0.270 e. The molecular weight excluding hydrogens is 360 g/mol. The molecular formula is C16H24N4O5S. The molecule has 0 aromatic heterocycles. The average Bonchev–Trinajstić information content (AvgIpc) is 2.62. The number of hydrogen-bond donors (Lipinski definition) is 1. The van der Waals surface area contributed by atoms with E-state index in [-0.39, 0.29) is 23.0 Å². The molecule has 1 amide bonds. The van der Waals surface area contributed by atoms with Gasteiger partial charge in [0.15, 0.2) is 0 Å². The maximum atomic E-state index is 12.6. The van der Waals surface area contributed by atoms with Crippen molar-refractivity contribution in [2.75, 3.05) is 40.3 Å². The molecule has 0 atom stereocenters. The number of likely N-dealkylation sites (tertiary alicyclic amines) is 1. The zero-order valence-electron chi connectivity index (χ0n) is 14.9. The number of carbonyl (C=O) groups is 1. The van der Waals surface area contributed by atoms with Gasteiger partial charge in [0.1, 0.15) is 0 Å². The molecule has 1 aliphatic heterocycles. The number of nitrogens with zero attached hydrogens (tertiary/aromatic N) is 3. The number of amides is 1. The van der Waals surface area contributed by atoms with E-state index in [0.717, 1.165) is 29.8 Å². The SMILES string of the molecule is CNCC1CCN(C(=O)CN(C)S(=O)(=O)c2cccc([N+](=O)[O-])c2)CC1. The van der Waals surface area contributed by atoms with Gasteiger partial charge in [-0.15, -0.1) is 0 Å². The monoisotopic (exact) mass is 384 g/mol. The molecule has 0 radical (unpaired) electrons. The van der Waals surface area contributed by atoms with Crippen LogP contribution in [0.3, 0.4) is 0 Å². The van der Waals surface area contributed by atoms with Crippen LogP contribution < -0.4 is 5.32 Å². The van der Waals surface area contributed by atoms with E-state index in [1.54, 1.807) is 4.90 Å². The van der Waals surface area contributed by atoms with Gasteiger partial charge in [-0.25, -0.2) is 8.42 Å². The molecule has 1 aliphatic rings. The third-order valence-electron chi connectivity index (χ3n) is 4.55. The van der Waals surface area contributed by atoms with Crippen molar-refractivity contribution in [3.8, 4) is 0 Å². The number of carbonyl (C=O) groups excluding carboxylic acids is 1. The molecule has 1 fully saturated rings. The second kappa shape index (κ2) is 8.56. The Labute approximate surface area is 153 Å². The van der Waals surface area contributed by atoms with Gasteiger partial charge in [-0.2, -0.15) is 4.31 Å². The minimum absolute atomic E-state index is 0.199. The molecule has 2 rings (SSSR count). The highest BCUT2D eigenvalue weighted by molar-refractivity contribution is 7.89. The van der Waals surface area contributed by atoms with Crippen LogP contribution in [-0.4, -0.2) is 68.7 Å². The fourth-order valence-corrected chi connectivity index (χ4v) is 4.15. The molecule has 1 aromatic carbocycles. The lowest BCUT2D eigenvalue weighted by atomic mass is 9.97. The number of nitro benzene ring substituents is 1. The van der Waals surface area contributed by atoms with Crippen LogP contribution in [0.2, 0.25) is 0 Å². The molecule has 10 heteroatoms. The molecule has 0 aliphatic carbocycles. The summed E-state index contributed by atoms with van der Waals surface area (Å²) in [7, 11) is -0.777.